The van der Waals surface area contributed by atoms with Crippen molar-refractivity contribution in [1.82, 2.24) is 25.0 Å². The molecule has 2 unspecified atom stereocenters. The zero-order valence-electron chi connectivity index (χ0n) is 12.8. The lowest BCUT2D eigenvalue weighted by Crippen LogP contribution is -2.49. The molecular weight excluding hydrogens is 250 g/mol. The smallest absolute Gasteiger partial charge is 0.147 e. The van der Waals surface area contributed by atoms with Crippen molar-refractivity contribution in [2.24, 2.45) is 0 Å². The van der Waals surface area contributed by atoms with E-state index in [9.17, 15) is 0 Å². The molecule has 112 valence electrons. The Morgan fingerprint density at radius 3 is 2.65 bits per heavy atom. The Morgan fingerprint density at radius 2 is 2.00 bits per heavy atom. The molecule has 2 atom stereocenters. The first kappa shape index (κ1) is 14.0. The van der Waals surface area contributed by atoms with Crippen LogP contribution in [-0.2, 0) is 13.1 Å². The molecule has 5 nitrogen and oxygen atoms in total. The number of rotatable bonds is 6. The monoisotopic (exact) mass is 277 g/mol. The van der Waals surface area contributed by atoms with Crippen molar-refractivity contribution < 1.29 is 0 Å². The van der Waals surface area contributed by atoms with E-state index < -0.39 is 0 Å². The number of hydrogen-bond acceptors (Lipinski definition) is 4. The molecule has 3 heterocycles. The van der Waals surface area contributed by atoms with Gasteiger partial charge in [0.25, 0.3) is 0 Å². The van der Waals surface area contributed by atoms with Gasteiger partial charge in [0.2, 0.25) is 0 Å². The molecule has 0 aromatic carbocycles. The molecule has 2 bridgehead atoms. The van der Waals surface area contributed by atoms with Gasteiger partial charge in [-0.15, -0.1) is 10.2 Å². The summed E-state index contributed by atoms with van der Waals surface area (Å²) in [5.41, 5.74) is 0. The van der Waals surface area contributed by atoms with Gasteiger partial charge >= 0.3 is 0 Å². The third-order valence-electron chi connectivity index (χ3n) is 4.93. The van der Waals surface area contributed by atoms with Crippen molar-refractivity contribution >= 4 is 0 Å². The summed E-state index contributed by atoms with van der Waals surface area (Å²) in [5, 5.41) is 12.1. The first-order chi connectivity index (χ1) is 9.81. The Balaban J connectivity index is 1.62. The lowest BCUT2D eigenvalue weighted by atomic mass is 9.97. The second-order valence-electron chi connectivity index (χ2n) is 6.21. The lowest BCUT2D eigenvalue weighted by Gasteiger charge is -2.39. The zero-order chi connectivity index (χ0) is 13.9. The highest BCUT2D eigenvalue weighted by molar-refractivity contribution is 5.00. The fourth-order valence-electron chi connectivity index (χ4n) is 3.88. The molecule has 2 aliphatic heterocycles. The molecule has 2 saturated heterocycles. The van der Waals surface area contributed by atoms with E-state index in [4.69, 9.17) is 0 Å². The number of nitrogens with one attached hydrogen (secondary N) is 1. The summed E-state index contributed by atoms with van der Waals surface area (Å²) in [6, 6.07) is 2.21. The second kappa shape index (κ2) is 6.22. The first-order valence-corrected chi connectivity index (χ1v) is 8.17. The SMILES string of the molecule is CCCNC1CC2CCC(C1)N2Cc1nncn1CC. The normalized spacial score (nSPS) is 30.0. The number of aromatic nitrogens is 3. The van der Waals surface area contributed by atoms with E-state index in [0.717, 1.165) is 43.6 Å². The highest BCUT2D eigenvalue weighted by Gasteiger charge is 2.40. The van der Waals surface area contributed by atoms with E-state index in [2.05, 4.69) is 38.8 Å². The summed E-state index contributed by atoms with van der Waals surface area (Å²) < 4.78 is 2.17. The Morgan fingerprint density at radius 1 is 1.25 bits per heavy atom. The maximum atomic E-state index is 4.30. The average molecular weight is 277 g/mol. The summed E-state index contributed by atoms with van der Waals surface area (Å²) in [5.74, 6) is 1.13. The molecule has 2 aliphatic rings. The van der Waals surface area contributed by atoms with Gasteiger partial charge in [-0.3, -0.25) is 4.90 Å². The van der Waals surface area contributed by atoms with Crippen LogP contribution in [0.1, 0.15) is 51.8 Å². The fraction of sp³-hybridized carbons (Fsp3) is 0.867. The van der Waals surface area contributed by atoms with Crippen LogP contribution in [0.3, 0.4) is 0 Å². The number of nitrogens with zero attached hydrogens (tertiary/aromatic N) is 4. The Kier molecular flexibility index (Phi) is 4.36. The van der Waals surface area contributed by atoms with Gasteiger partial charge in [0.05, 0.1) is 6.54 Å². The van der Waals surface area contributed by atoms with Crippen molar-refractivity contribution in [1.29, 1.82) is 0 Å². The van der Waals surface area contributed by atoms with Gasteiger partial charge in [-0.05, 0) is 45.6 Å². The Bertz CT molecular complexity index is 416. The number of fused-ring (bicyclic) bond motifs is 2. The molecule has 5 heteroatoms. The van der Waals surface area contributed by atoms with Crippen molar-refractivity contribution in [3.8, 4) is 0 Å². The fourth-order valence-corrected chi connectivity index (χ4v) is 3.88. The van der Waals surface area contributed by atoms with Crippen LogP contribution >= 0.6 is 0 Å². The second-order valence-corrected chi connectivity index (χ2v) is 6.21. The molecule has 0 saturated carbocycles. The van der Waals surface area contributed by atoms with Crippen LogP contribution < -0.4 is 5.32 Å². The van der Waals surface area contributed by atoms with E-state index >= 15 is 0 Å². The number of hydrogen-bond donors (Lipinski definition) is 1. The minimum absolute atomic E-state index is 0.729. The van der Waals surface area contributed by atoms with Crippen LogP contribution in [-0.4, -0.2) is 44.3 Å². The van der Waals surface area contributed by atoms with Crippen molar-refractivity contribution in [2.75, 3.05) is 6.54 Å². The summed E-state index contributed by atoms with van der Waals surface area (Å²) in [6.45, 7) is 7.50. The van der Waals surface area contributed by atoms with Gasteiger partial charge in [0.1, 0.15) is 12.2 Å². The van der Waals surface area contributed by atoms with Crippen LogP contribution in [0.4, 0.5) is 0 Å². The quantitative estimate of drug-likeness (QED) is 0.861. The molecule has 1 aromatic rings. The van der Waals surface area contributed by atoms with E-state index in [1.54, 1.807) is 0 Å². The predicted molar refractivity (Wildman–Crippen MR) is 79.4 cm³/mol. The van der Waals surface area contributed by atoms with E-state index in [-0.39, 0.29) is 0 Å². The molecule has 2 fully saturated rings. The van der Waals surface area contributed by atoms with E-state index in [1.165, 1.54) is 32.1 Å². The molecular formula is C15H27N5. The molecule has 1 N–H and O–H groups in total. The molecule has 1 aromatic heterocycles. The van der Waals surface area contributed by atoms with E-state index in [0.29, 0.717) is 0 Å². The molecule has 0 radical (unpaired) electrons. The largest absolute Gasteiger partial charge is 0.317 e. The third-order valence-corrected chi connectivity index (χ3v) is 4.93. The van der Waals surface area contributed by atoms with Gasteiger partial charge in [-0.1, -0.05) is 6.92 Å². The summed E-state index contributed by atoms with van der Waals surface area (Å²) >= 11 is 0. The highest BCUT2D eigenvalue weighted by Crippen LogP contribution is 2.36. The van der Waals surface area contributed by atoms with Crippen LogP contribution in [0.25, 0.3) is 0 Å². The van der Waals surface area contributed by atoms with Crippen LogP contribution in [0.5, 0.6) is 0 Å². The molecule has 0 amide bonds. The lowest BCUT2D eigenvalue weighted by molar-refractivity contribution is 0.105. The molecule has 3 rings (SSSR count). The van der Waals surface area contributed by atoms with Gasteiger partial charge < -0.3 is 9.88 Å². The van der Waals surface area contributed by atoms with Gasteiger partial charge in [-0.25, -0.2) is 0 Å². The van der Waals surface area contributed by atoms with Crippen molar-refractivity contribution in [3.63, 3.8) is 0 Å². The third kappa shape index (κ3) is 2.74. The van der Waals surface area contributed by atoms with Crippen molar-refractivity contribution in [2.45, 2.75) is 77.2 Å². The van der Waals surface area contributed by atoms with Crippen LogP contribution in [0.15, 0.2) is 6.33 Å². The molecule has 0 aliphatic carbocycles. The highest BCUT2D eigenvalue weighted by atomic mass is 15.3. The summed E-state index contributed by atoms with van der Waals surface area (Å²) in [4.78, 5) is 2.68. The Hall–Kier alpha value is -0.940. The minimum atomic E-state index is 0.729. The minimum Gasteiger partial charge on any atom is -0.317 e. The topological polar surface area (TPSA) is 46.0 Å². The zero-order valence-corrected chi connectivity index (χ0v) is 12.8. The maximum absolute atomic E-state index is 4.30. The molecule has 0 spiro atoms. The van der Waals surface area contributed by atoms with Gasteiger partial charge in [0.15, 0.2) is 0 Å². The standard InChI is InChI=1S/C15H27N5/c1-3-7-16-12-8-13-5-6-14(9-12)20(13)10-15-18-17-11-19(15)4-2/h11-14,16H,3-10H2,1-2H3. The van der Waals surface area contributed by atoms with Crippen LogP contribution in [0, 0.1) is 0 Å². The number of piperidine rings is 1. The first-order valence-electron chi connectivity index (χ1n) is 8.17. The van der Waals surface area contributed by atoms with Gasteiger partial charge in [0, 0.05) is 24.7 Å². The number of aryl methyl sites for hydroxylation is 1. The maximum Gasteiger partial charge on any atom is 0.147 e. The van der Waals surface area contributed by atoms with Crippen LogP contribution in [0.2, 0.25) is 0 Å². The van der Waals surface area contributed by atoms with Crippen molar-refractivity contribution in [3.05, 3.63) is 12.2 Å². The average Bonchev–Trinajstić information content (AvgIpc) is 2.99. The summed E-state index contributed by atoms with van der Waals surface area (Å²) in [6.07, 6.45) is 8.40. The predicted octanol–water partition coefficient (Wildman–Crippen LogP) is 1.79. The molecule has 20 heavy (non-hydrogen) atoms. The Labute approximate surface area is 121 Å². The van der Waals surface area contributed by atoms with E-state index in [1.807, 2.05) is 6.33 Å². The summed E-state index contributed by atoms with van der Waals surface area (Å²) in [7, 11) is 0. The van der Waals surface area contributed by atoms with Gasteiger partial charge in [-0.2, -0.15) is 0 Å².